The first-order valence-electron chi connectivity index (χ1n) is 10.5. The first-order chi connectivity index (χ1) is 16.0. The Kier molecular flexibility index (Phi) is 5.21. The number of nitrogens with zero attached hydrogens (tertiary/aromatic N) is 5. The van der Waals surface area contributed by atoms with Crippen LogP contribution in [-0.4, -0.2) is 49.3 Å². The summed E-state index contributed by atoms with van der Waals surface area (Å²) in [6.45, 7) is 0. The fourth-order valence-corrected chi connectivity index (χ4v) is 3.64. The molecule has 0 saturated heterocycles. The maximum absolute atomic E-state index is 13.6. The van der Waals surface area contributed by atoms with Gasteiger partial charge < -0.3 is 16.0 Å². The lowest BCUT2D eigenvalue weighted by atomic mass is 9.90. The molecule has 5 rings (SSSR count). The molecule has 0 radical (unpaired) electrons. The lowest BCUT2D eigenvalue weighted by Gasteiger charge is -2.30. The van der Waals surface area contributed by atoms with E-state index in [1.807, 2.05) is 0 Å². The van der Waals surface area contributed by atoms with E-state index in [1.165, 1.54) is 15.3 Å². The quantitative estimate of drug-likeness (QED) is 0.414. The van der Waals surface area contributed by atoms with Crippen molar-refractivity contribution in [2.75, 3.05) is 17.7 Å². The molecule has 11 heteroatoms. The maximum Gasteiger partial charge on any atom is 0.279 e. The minimum Gasteiger partial charge on any atom is -0.373 e. The third-order valence-corrected chi connectivity index (χ3v) is 5.59. The Morgan fingerprint density at radius 2 is 2.09 bits per heavy atom. The average molecular weight is 448 g/mol. The predicted molar refractivity (Wildman–Crippen MR) is 121 cm³/mol. The van der Waals surface area contributed by atoms with Crippen LogP contribution in [0, 0.1) is 0 Å². The van der Waals surface area contributed by atoms with Gasteiger partial charge in [0, 0.05) is 25.5 Å². The zero-order valence-electron chi connectivity index (χ0n) is 17.7. The van der Waals surface area contributed by atoms with Gasteiger partial charge in [-0.3, -0.25) is 14.2 Å². The van der Waals surface area contributed by atoms with E-state index in [9.17, 15) is 14.0 Å². The van der Waals surface area contributed by atoms with Gasteiger partial charge in [0.25, 0.3) is 11.5 Å². The molecule has 0 aliphatic heterocycles. The Morgan fingerprint density at radius 3 is 2.79 bits per heavy atom. The number of alkyl halides is 1. The fourth-order valence-electron chi connectivity index (χ4n) is 3.64. The molecule has 0 bridgehead atoms. The number of fused-ring (bicyclic) bond motifs is 1. The molecule has 1 unspecified atom stereocenters. The number of rotatable bonds is 6. The van der Waals surface area contributed by atoms with Crippen LogP contribution < -0.4 is 21.5 Å². The third kappa shape index (κ3) is 3.77. The van der Waals surface area contributed by atoms with Crippen LogP contribution in [0.2, 0.25) is 0 Å². The molecular weight excluding hydrogens is 427 g/mol. The molecule has 33 heavy (non-hydrogen) atoms. The topological polar surface area (TPSA) is 118 Å². The van der Waals surface area contributed by atoms with Crippen LogP contribution in [0.5, 0.6) is 0 Å². The standard InChI is InChI=1S/C22H21FN8O2/c1-24-19-11-17(27-16-5-4-10-30(22(16)33)18-6-2-3-9-25-18)29-20-13(12-26-31(19)20)21(32)28-15-8-7-14(15)23/h2-6,9-12,14-15,24H,7-8H2,1H3,(H,27,29)(H,28,32)/t14-,15?/m1/s1. The van der Waals surface area contributed by atoms with Crippen molar-refractivity contribution in [1.29, 1.82) is 0 Å². The van der Waals surface area contributed by atoms with Gasteiger partial charge in [0.15, 0.2) is 5.65 Å². The molecule has 4 aromatic heterocycles. The van der Waals surface area contributed by atoms with Crippen LogP contribution in [-0.2, 0) is 0 Å². The number of anilines is 3. The molecule has 168 valence electrons. The van der Waals surface area contributed by atoms with Crippen molar-refractivity contribution in [2.45, 2.75) is 25.1 Å². The molecule has 1 aliphatic carbocycles. The van der Waals surface area contributed by atoms with Crippen molar-refractivity contribution < 1.29 is 9.18 Å². The summed E-state index contributed by atoms with van der Waals surface area (Å²) in [7, 11) is 1.71. The molecule has 2 atom stereocenters. The predicted octanol–water partition coefficient (Wildman–Crippen LogP) is 2.29. The van der Waals surface area contributed by atoms with Crippen molar-refractivity contribution in [3.05, 3.63) is 70.9 Å². The Morgan fingerprint density at radius 1 is 1.21 bits per heavy atom. The first-order valence-corrected chi connectivity index (χ1v) is 10.5. The van der Waals surface area contributed by atoms with Gasteiger partial charge in [0.05, 0.1) is 12.2 Å². The van der Waals surface area contributed by atoms with E-state index in [-0.39, 0.29) is 22.5 Å². The minimum atomic E-state index is -1.03. The highest BCUT2D eigenvalue weighted by atomic mass is 19.1. The van der Waals surface area contributed by atoms with Gasteiger partial charge in [0.1, 0.15) is 34.9 Å². The van der Waals surface area contributed by atoms with Gasteiger partial charge in [0.2, 0.25) is 0 Å². The zero-order chi connectivity index (χ0) is 22.9. The van der Waals surface area contributed by atoms with Crippen LogP contribution in [0.25, 0.3) is 11.5 Å². The van der Waals surface area contributed by atoms with Gasteiger partial charge in [-0.2, -0.15) is 9.61 Å². The molecule has 0 spiro atoms. The first kappa shape index (κ1) is 20.6. The van der Waals surface area contributed by atoms with Gasteiger partial charge in [-0.05, 0) is 37.1 Å². The second kappa shape index (κ2) is 8.34. The monoisotopic (exact) mass is 448 g/mol. The number of amides is 1. The zero-order valence-corrected chi connectivity index (χ0v) is 17.7. The Balaban J connectivity index is 1.50. The van der Waals surface area contributed by atoms with E-state index in [0.29, 0.717) is 30.3 Å². The highest BCUT2D eigenvalue weighted by Gasteiger charge is 2.33. The summed E-state index contributed by atoms with van der Waals surface area (Å²) in [6.07, 6.45) is 4.65. The second-order valence-corrected chi connectivity index (χ2v) is 7.65. The summed E-state index contributed by atoms with van der Waals surface area (Å²) in [5.74, 6) is 0.933. The van der Waals surface area contributed by atoms with E-state index in [2.05, 4.69) is 31.0 Å². The van der Waals surface area contributed by atoms with Crippen molar-refractivity contribution in [3.8, 4) is 5.82 Å². The van der Waals surface area contributed by atoms with Crippen LogP contribution in [0.4, 0.5) is 21.7 Å². The molecule has 4 heterocycles. The van der Waals surface area contributed by atoms with Gasteiger partial charge in [-0.25, -0.2) is 14.4 Å². The number of halogens is 1. The van der Waals surface area contributed by atoms with Crippen LogP contribution in [0.15, 0.2) is 59.8 Å². The maximum atomic E-state index is 13.6. The Bertz CT molecular complexity index is 1380. The molecule has 1 fully saturated rings. The lowest BCUT2D eigenvalue weighted by Crippen LogP contribution is -2.48. The number of pyridine rings is 2. The smallest absolute Gasteiger partial charge is 0.279 e. The molecular formula is C22H21FN8O2. The van der Waals surface area contributed by atoms with E-state index in [0.717, 1.165) is 0 Å². The number of hydrogen-bond acceptors (Lipinski definition) is 7. The normalized spacial score (nSPS) is 17.4. The van der Waals surface area contributed by atoms with Crippen molar-refractivity contribution in [1.82, 2.24) is 29.5 Å². The average Bonchev–Trinajstić information content (AvgIpc) is 3.27. The van der Waals surface area contributed by atoms with Crippen LogP contribution in [0.3, 0.4) is 0 Å². The van der Waals surface area contributed by atoms with Gasteiger partial charge in [-0.15, -0.1) is 0 Å². The molecule has 1 saturated carbocycles. The number of carbonyl (C=O) groups is 1. The summed E-state index contributed by atoms with van der Waals surface area (Å²) < 4.78 is 16.5. The van der Waals surface area contributed by atoms with Crippen LogP contribution >= 0.6 is 0 Å². The number of carbonyl (C=O) groups excluding carboxylic acids is 1. The SMILES string of the molecule is CNc1cc(Nc2cccn(-c3ccccn3)c2=O)nc2c(C(=O)NC3CC[C@H]3F)cnn12. The lowest BCUT2D eigenvalue weighted by molar-refractivity contribution is 0.0826. The number of nitrogens with one attached hydrogen (secondary N) is 3. The summed E-state index contributed by atoms with van der Waals surface area (Å²) in [6, 6.07) is 9.83. The van der Waals surface area contributed by atoms with Crippen LogP contribution in [0.1, 0.15) is 23.2 Å². The minimum absolute atomic E-state index is 0.216. The van der Waals surface area contributed by atoms with Gasteiger partial charge in [-0.1, -0.05) is 6.07 Å². The molecule has 10 nitrogen and oxygen atoms in total. The van der Waals surface area contributed by atoms with Crippen molar-refractivity contribution in [2.24, 2.45) is 0 Å². The van der Waals surface area contributed by atoms with Crippen molar-refractivity contribution in [3.63, 3.8) is 0 Å². The Hall–Kier alpha value is -4.28. The summed E-state index contributed by atoms with van der Waals surface area (Å²) >= 11 is 0. The second-order valence-electron chi connectivity index (χ2n) is 7.65. The molecule has 1 aliphatic rings. The van der Waals surface area contributed by atoms with Gasteiger partial charge >= 0.3 is 0 Å². The highest BCUT2D eigenvalue weighted by Crippen LogP contribution is 2.25. The molecule has 3 N–H and O–H groups in total. The molecule has 1 amide bonds. The molecule has 4 aromatic rings. The summed E-state index contributed by atoms with van der Waals surface area (Å²) in [4.78, 5) is 34.5. The summed E-state index contributed by atoms with van der Waals surface area (Å²) in [5, 5.41) is 13.0. The summed E-state index contributed by atoms with van der Waals surface area (Å²) in [5.41, 5.74) is 0.461. The van der Waals surface area contributed by atoms with E-state index in [1.54, 1.807) is 55.8 Å². The number of hydrogen-bond donors (Lipinski definition) is 3. The third-order valence-electron chi connectivity index (χ3n) is 5.59. The largest absolute Gasteiger partial charge is 0.373 e. The fraction of sp³-hybridized carbons (Fsp3) is 0.227. The highest BCUT2D eigenvalue weighted by molar-refractivity contribution is 6.00. The van der Waals surface area contributed by atoms with Crippen molar-refractivity contribution >= 4 is 28.9 Å². The number of aromatic nitrogens is 5. The molecule has 0 aromatic carbocycles. The van der Waals surface area contributed by atoms with E-state index >= 15 is 0 Å². The Labute approximate surface area is 187 Å². The van der Waals surface area contributed by atoms with E-state index < -0.39 is 18.1 Å². The van der Waals surface area contributed by atoms with E-state index in [4.69, 9.17) is 0 Å².